The highest BCUT2D eigenvalue weighted by molar-refractivity contribution is 5.25. The second-order valence-electron chi connectivity index (χ2n) is 5.67. The van der Waals surface area contributed by atoms with Crippen molar-refractivity contribution >= 4 is 0 Å². The zero-order valence-corrected chi connectivity index (χ0v) is 11.7. The number of hydrogen-bond donors (Lipinski definition) is 1. The first-order chi connectivity index (χ1) is 9.22. The Kier molecular flexibility index (Phi) is 4.61. The molecule has 0 saturated heterocycles. The molecule has 1 N–H and O–H groups in total. The molecule has 0 bridgehead atoms. The maximum atomic E-state index is 11.2. The summed E-state index contributed by atoms with van der Waals surface area (Å²) in [5.41, 5.74) is 0.339. The van der Waals surface area contributed by atoms with E-state index < -0.39 is 5.60 Å². The maximum Gasteiger partial charge on any atom is 0.0873 e. The van der Waals surface area contributed by atoms with Crippen LogP contribution < -0.4 is 0 Å². The second kappa shape index (κ2) is 6.21. The SMILES string of the molecule is CCCC(C#N)C1(O)CCCCC1c1ccccc1. The van der Waals surface area contributed by atoms with Crippen molar-refractivity contribution in [1.29, 1.82) is 5.26 Å². The Hall–Kier alpha value is -1.33. The molecule has 0 spiro atoms. The van der Waals surface area contributed by atoms with Crippen LogP contribution in [0.1, 0.15) is 56.9 Å². The van der Waals surface area contributed by atoms with Gasteiger partial charge in [0.25, 0.3) is 0 Å². The van der Waals surface area contributed by atoms with E-state index in [2.05, 4.69) is 25.1 Å². The maximum absolute atomic E-state index is 11.2. The summed E-state index contributed by atoms with van der Waals surface area (Å²) in [6.45, 7) is 2.08. The molecule has 0 heterocycles. The Morgan fingerprint density at radius 1 is 1.37 bits per heavy atom. The molecule has 0 aliphatic heterocycles. The number of aliphatic hydroxyl groups is 1. The molecule has 1 aromatic carbocycles. The topological polar surface area (TPSA) is 44.0 Å². The van der Waals surface area contributed by atoms with E-state index in [4.69, 9.17) is 0 Å². The van der Waals surface area contributed by atoms with Gasteiger partial charge in [0.15, 0.2) is 0 Å². The van der Waals surface area contributed by atoms with Crippen molar-refractivity contribution in [3.8, 4) is 6.07 Å². The van der Waals surface area contributed by atoms with Crippen LogP contribution in [-0.4, -0.2) is 10.7 Å². The molecule has 0 amide bonds. The Morgan fingerprint density at radius 3 is 2.74 bits per heavy atom. The lowest BCUT2D eigenvalue weighted by Crippen LogP contribution is -2.45. The Labute approximate surface area is 116 Å². The van der Waals surface area contributed by atoms with Crippen LogP contribution in [0.25, 0.3) is 0 Å². The highest BCUT2D eigenvalue weighted by atomic mass is 16.3. The fourth-order valence-corrected chi connectivity index (χ4v) is 3.45. The van der Waals surface area contributed by atoms with Gasteiger partial charge in [-0.1, -0.05) is 56.5 Å². The molecule has 1 aliphatic carbocycles. The fourth-order valence-electron chi connectivity index (χ4n) is 3.45. The van der Waals surface area contributed by atoms with Gasteiger partial charge in [0, 0.05) is 5.92 Å². The summed E-state index contributed by atoms with van der Waals surface area (Å²) in [6, 6.07) is 12.6. The number of nitrogens with zero attached hydrogens (tertiary/aromatic N) is 1. The number of hydrogen-bond acceptors (Lipinski definition) is 2. The lowest BCUT2D eigenvalue weighted by atomic mass is 9.65. The summed E-state index contributed by atoms with van der Waals surface area (Å²) in [6.07, 6.45) is 5.65. The Balaban J connectivity index is 2.32. The third kappa shape index (κ3) is 2.82. The minimum Gasteiger partial charge on any atom is -0.388 e. The zero-order chi connectivity index (χ0) is 13.7. The smallest absolute Gasteiger partial charge is 0.0873 e. The van der Waals surface area contributed by atoms with Gasteiger partial charge < -0.3 is 5.11 Å². The summed E-state index contributed by atoms with van der Waals surface area (Å²) in [7, 11) is 0. The molecule has 1 fully saturated rings. The molecule has 1 saturated carbocycles. The van der Waals surface area contributed by atoms with Crippen molar-refractivity contribution < 1.29 is 5.11 Å². The van der Waals surface area contributed by atoms with Gasteiger partial charge >= 0.3 is 0 Å². The molecule has 3 atom stereocenters. The summed E-state index contributed by atoms with van der Waals surface area (Å²) in [4.78, 5) is 0. The molecule has 2 heteroatoms. The normalized spacial score (nSPS) is 28.6. The minimum absolute atomic E-state index is 0.110. The van der Waals surface area contributed by atoms with Crippen LogP contribution in [0.15, 0.2) is 30.3 Å². The van der Waals surface area contributed by atoms with Crippen LogP contribution in [0.3, 0.4) is 0 Å². The van der Waals surface area contributed by atoms with Gasteiger partial charge in [-0.3, -0.25) is 0 Å². The minimum atomic E-state index is -0.843. The largest absolute Gasteiger partial charge is 0.388 e. The number of nitriles is 1. The quantitative estimate of drug-likeness (QED) is 0.885. The predicted octanol–water partition coefficient (Wildman–Crippen LogP) is 4.02. The van der Waals surface area contributed by atoms with E-state index in [1.54, 1.807) is 0 Å². The summed E-state index contributed by atoms with van der Waals surface area (Å²) >= 11 is 0. The van der Waals surface area contributed by atoms with Crippen molar-refractivity contribution in [3.63, 3.8) is 0 Å². The summed E-state index contributed by atoms with van der Waals surface area (Å²) < 4.78 is 0. The molecule has 2 nitrogen and oxygen atoms in total. The lowest BCUT2D eigenvalue weighted by Gasteiger charge is -2.43. The van der Waals surface area contributed by atoms with Gasteiger partial charge in [0.1, 0.15) is 0 Å². The average Bonchev–Trinajstić information content (AvgIpc) is 2.46. The van der Waals surface area contributed by atoms with Crippen LogP contribution in [0.2, 0.25) is 0 Å². The van der Waals surface area contributed by atoms with Gasteiger partial charge in [-0.2, -0.15) is 5.26 Å². The van der Waals surface area contributed by atoms with Gasteiger partial charge in [0.05, 0.1) is 17.6 Å². The van der Waals surface area contributed by atoms with Crippen molar-refractivity contribution in [2.45, 2.75) is 57.0 Å². The van der Waals surface area contributed by atoms with Crippen molar-refractivity contribution in [3.05, 3.63) is 35.9 Å². The molecular weight excluding hydrogens is 234 g/mol. The second-order valence-corrected chi connectivity index (χ2v) is 5.67. The van der Waals surface area contributed by atoms with Gasteiger partial charge in [0.2, 0.25) is 0 Å². The zero-order valence-electron chi connectivity index (χ0n) is 11.7. The molecule has 0 radical (unpaired) electrons. The standard InChI is InChI=1S/C17H23NO/c1-2-8-15(13-18)17(19)12-7-6-11-16(17)14-9-4-3-5-10-14/h3-5,9-10,15-16,19H,2,6-8,11-12H2,1H3. The summed E-state index contributed by atoms with van der Waals surface area (Å²) in [5, 5.41) is 20.6. The molecule has 3 unspecified atom stereocenters. The van der Waals surface area contributed by atoms with Crippen LogP contribution >= 0.6 is 0 Å². The van der Waals surface area contributed by atoms with E-state index in [0.29, 0.717) is 0 Å². The lowest BCUT2D eigenvalue weighted by molar-refractivity contribution is -0.0524. The van der Waals surface area contributed by atoms with Crippen LogP contribution in [0.4, 0.5) is 0 Å². The summed E-state index contributed by atoms with van der Waals surface area (Å²) in [5.74, 6) is -0.137. The van der Waals surface area contributed by atoms with Crippen LogP contribution in [-0.2, 0) is 0 Å². The van der Waals surface area contributed by atoms with E-state index in [1.165, 1.54) is 5.56 Å². The van der Waals surface area contributed by atoms with Gasteiger partial charge in [-0.15, -0.1) is 0 Å². The van der Waals surface area contributed by atoms with Crippen LogP contribution in [0.5, 0.6) is 0 Å². The highest BCUT2D eigenvalue weighted by Crippen LogP contribution is 2.46. The van der Waals surface area contributed by atoms with Gasteiger partial charge in [-0.25, -0.2) is 0 Å². The number of rotatable bonds is 4. The van der Waals surface area contributed by atoms with E-state index in [1.807, 2.05) is 18.2 Å². The highest BCUT2D eigenvalue weighted by Gasteiger charge is 2.45. The molecule has 102 valence electrons. The first-order valence-corrected chi connectivity index (χ1v) is 7.39. The van der Waals surface area contributed by atoms with Crippen molar-refractivity contribution in [2.75, 3.05) is 0 Å². The first-order valence-electron chi connectivity index (χ1n) is 7.39. The van der Waals surface area contributed by atoms with Crippen molar-refractivity contribution in [2.24, 2.45) is 5.92 Å². The number of benzene rings is 1. The van der Waals surface area contributed by atoms with E-state index in [9.17, 15) is 10.4 Å². The van der Waals surface area contributed by atoms with Crippen molar-refractivity contribution in [1.82, 2.24) is 0 Å². The Bertz CT molecular complexity index is 436. The molecule has 1 aromatic rings. The van der Waals surface area contributed by atoms with E-state index in [0.717, 1.165) is 38.5 Å². The Morgan fingerprint density at radius 2 is 2.11 bits per heavy atom. The molecule has 19 heavy (non-hydrogen) atoms. The molecular formula is C17H23NO. The monoisotopic (exact) mass is 257 g/mol. The molecule has 1 aliphatic rings. The van der Waals surface area contributed by atoms with Crippen LogP contribution in [0, 0.1) is 17.2 Å². The average molecular weight is 257 g/mol. The van der Waals surface area contributed by atoms with E-state index in [-0.39, 0.29) is 11.8 Å². The predicted molar refractivity (Wildman–Crippen MR) is 76.6 cm³/mol. The van der Waals surface area contributed by atoms with Gasteiger partial charge in [-0.05, 0) is 24.8 Å². The fraction of sp³-hybridized carbons (Fsp3) is 0.588. The van der Waals surface area contributed by atoms with E-state index >= 15 is 0 Å². The molecule has 2 rings (SSSR count). The third-order valence-corrected chi connectivity index (χ3v) is 4.46. The third-order valence-electron chi connectivity index (χ3n) is 4.46. The molecule has 0 aromatic heterocycles. The first kappa shape index (κ1) is 14.1.